The molecule has 102 valence electrons. The van der Waals surface area contributed by atoms with Crippen LogP contribution < -0.4 is 4.90 Å². The van der Waals surface area contributed by atoms with Crippen LogP contribution in [0.3, 0.4) is 0 Å². The van der Waals surface area contributed by atoms with Crippen LogP contribution in [0.2, 0.25) is 0 Å². The minimum absolute atomic E-state index is 0.295. The molecule has 0 bridgehead atoms. The molecule has 0 radical (unpaired) electrons. The van der Waals surface area contributed by atoms with Gasteiger partial charge in [0.2, 0.25) is 0 Å². The summed E-state index contributed by atoms with van der Waals surface area (Å²) in [6, 6.07) is 16.9. The molecular formula is C17H17NO2. The number of anilines is 1. The number of rotatable bonds is 4. The van der Waals surface area contributed by atoms with E-state index in [4.69, 9.17) is 0 Å². The Labute approximate surface area is 118 Å². The molecule has 0 saturated carbocycles. The Bertz CT molecular complexity index is 613. The van der Waals surface area contributed by atoms with Crippen LogP contribution in [0.15, 0.2) is 54.6 Å². The Hall–Kier alpha value is -2.55. The van der Waals surface area contributed by atoms with Crippen LogP contribution in [0, 0.1) is 0 Å². The van der Waals surface area contributed by atoms with Crippen molar-refractivity contribution in [2.24, 2.45) is 0 Å². The van der Waals surface area contributed by atoms with E-state index < -0.39 is 5.97 Å². The quantitative estimate of drug-likeness (QED) is 0.682. The third-order valence-corrected chi connectivity index (χ3v) is 3.04. The van der Waals surface area contributed by atoms with Crippen molar-refractivity contribution in [2.45, 2.75) is 0 Å². The summed E-state index contributed by atoms with van der Waals surface area (Å²) in [4.78, 5) is 13.4. The smallest absolute Gasteiger partial charge is 0.336 e. The molecule has 20 heavy (non-hydrogen) atoms. The summed E-state index contributed by atoms with van der Waals surface area (Å²) in [6.45, 7) is 0. The van der Waals surface area contributed by atoms with E-state index in [0.29, 0.717) is 11.1 Å². The van der Waals surface area contributed by atoms with E-state index in [9.17, 15) is 9.90 Å². The van der Waals surface area contributed by atoms with Gasteiger partial charge in [0.1, 0.15) is 0 Å². The van der Waals surface area contributed by atoms with Crippen LogP contribution in [0.25, 0.3) is 11.6 Å². The number of carboxylic acids is 1. The van der Waals surface area contributed by atoms with Gasteiger partial charge in [-0.3, -0.25) is 0 Å². The normalized spacial score (nSPS) is 11.2. The molecule has 2 rings (SSSR count). The number of carbonyl (C=O) groups is 1. The molecule has 0 saturated heterocycles. The van der Waals surface area contributed by atoms with Gasteiger partial charge in [-0.2, -0.15) is 0 Å². The summed E-state index contributed by atoms with van der Waals surface area (Å²) in [5.41, 5.74) is 2.95. The molecule has 2 aromatic carbocycles. The van der Waals surface area contributed by atoms with E-state index in [1.165, 1.54) is 0 Å². The van der Waals surface area contributed by atoms with Gasteiger partial charge in [0.05, 0.1) is 5.57 Å². The zero-order valence-electron chi connectivity index (χ0n) is 11.6. The number of carboxylic acid groups (broad SMARTS) is 1. The molecule has 3 nitrogen and oxygen atoms in total. The van der Waals surface area contributed by atoms with Gasteiger partial charge >= 0.3 is 5.97 Å². The zero-order chi connectivity index (χ0) is 14.5. The van der Waals surface area contributed by atoms with E-state index in [0.717, 1.165) is 11.3 Å². The average Bonchev–Trinajstić information content (AvgIpc) is 2.46. The van der Waals surface area contributed by atoms with Crippen molar-refractivity contribution in [2.75, 3.05) is 19.0 Å². The molecule has 0 aliphatic heterocycles. The van der Waals surface area contributed by atoms with Gasteiger partial charge < -0.3 is 10.0 Å². The highest BCUT2D eigenvalue weighted by Crippen LogP contribution is 2.20. The van der Waals surface area contributed by atoms with Crippen LogP contribution >= 0.6 is 0 Å². The first-order valence-electron chi connectivity index (χ1n) is 6.36. The Balaban J connectivity index is 2.37. The second-order valence-corrected chi connectivity index (χ2v) is 4.72. The fraction of sp³-hybridized carbons (Fsp3) is 0.118. The van der Waals surface area contributed by atoms with Crippen molar-refractivity contribution in [3.8, 4) is 0 Å². The summed E-state index contributed by atoms with van der Waals surface area (Å²) >= 11 is 0. The highest BCUT2D eigenvalue weighted by molar-refractivity contribution is 6.20. The van der Waals surface area contributed by atoms with Crippen LogP contribution in [-0.2, 0) is 4.79 Å². The summed E-state index contributed by atoms with van der Waals surface area (Å²) in [6.07, 6.45) is 1.69. The largest absolute Gasteiger partial charge is 0.478 e. The fourth-order valence-electron chi connectivity index (χ4n) is 1.92. The average molecular weight is 267 g/mol. The molecule has 0 aliphatic rings. The number of benzene rings is 2. The summed E-state index contributed by atoms with van der Waals surface area (Å²) < 4.78 is 0. The lowest BCUT2D eigenvalue weighted by molar-refractivity contribution is -0.130. The van der Waals surface area contributed by atoms with E-state index >= 15 is 0 Å². The first kappa shape index (κ1) is 13.9. The van der Waals surface area contributed by atoms with Crippen molar-refractivity contribution in [3.05, 3.63) is 65.7 Å². The SMILES string of the molecule is CN(C)c1ccc(/C=C(\C(=O)O)c2ccccc2)cc1. The summed E-state index contributed by atoms with van der Waals surface area (Å²) in [7, 11) is 3.94. The second-order valence-electron chi connectivity index (χ2n) is 4.72. The highest BCUT2D eigenvalue weighted by Gasteiger charge is 2.09. The van der Waals surface area contributed by atoms with Gasteiger partial charge in [0.25, 0.3) is 0 Å². The third kappa shape index (κ3) is 3.26. The summed E-state index contributed by atoms with van der Waals surface area (Å²) in [5.74, 6) is -0.923. The molecule has 0 atom stereocenters. The van der Waals surface area contributed by atoms with Crippen molar-refractivity contribution in [1.82, 2.24) is 0 Å². The molecule has 0 unspecified atom stereocenters. The van der Waals surface area contributed by atoms with E-state index in [2.05, 4.69) is 0 Å². The molecule has 0 spiro atoms. The van der Waals surface area contributed by atoms with Gasteiger partial charge in [-0.05, 0) is 29.3 Å². The first-order valence-corrected chi connectivity index (χ1v) is 6.36. The van der Waals surface area contributed by atoms with Crippen molar-refractivity contribution in [3.63, 3.8) is 0 Å². The monoisotopic (exact) mass is 267 g/mol. The van der Waals surface area contributed by atoms with Gasteiger partial charge in [-0.1, -0.05) is 42.5 Å². The Morgan fingerprint density at radius 1 is 1.00 bits per heavy atom. The Morgan fingerprint density at radius 3 is 2.10 bits per heavy atom. The fourth-order valence-corrected chi connectivity index (χ4v) is 1.92. The van der Waals surface area contributed by atoms with Crippen LogP contribution in [0.4, 0.5) is 5.69 Å². The molecule has 3 heteroatoms. The highest BCUT2D eigenvalue weighted by atomic mass is 16.4. The summed E-state index contributed by atoms with van der Waals surface area (Å²) in [5, 5.41) is 9.35. The molecular weight excluding hydrogens is 250 g/mol. The molecule has 1 N–H and O–H groups in total. The molecule has 0 aliphatic carbocycles. The van der Waals surface area contributed by atoms with Crippen LogP contribution in [0.5, 0.6) is 0 Å². The number of nitrogens with zero attached hydrogens (tertiary/aromatic N) is 1. The van der Waals surface area contributed by atoms with Gasteiger partial charge in [0, 0.05) is 19.8 Å². The van der Waals surface area contributed by atoms with Gasteiger partial charge in [-0.15, -0.1) is 0 Å². The maximum absolute atomic E-state index is 11.4. The third-order valence-electron chi connectivity index (χ3n) is 3.04. The van der Waals surface area contributed by atoms with E-state index in [1.54, 1.807) is 18.2 Å². The van der Waals surface area contributed by atoms with Crippen molar-refractivity contribution >= 4 is 23.3 Å². The van der Waals surface area contributed by atoms with Crippen molar-refractivity contribution < 1.29 is 9.90 Å². The van der Waals surface area contributed by atoms with Crippen LogP contribution in [-0.4, -0.2) is 25.2 Å². The maximum atomic E-state index is 11.4. The molecule has 2 aromatic rings. The first-order chi connectivity index (χ1) is 9.58. The number of hydrogen-bond donors (Lipinski definition) is 1. The maximum Gasteiger partial charge on any atom is 0.336 e. The second kappa shape index (κ2) is 6.06. The molecule has 0 amide bonds. The lowest BCUT2D eigenvalue weighted by atomic mass is 10.0. The Morgan fingerprint density at radius 2 is 1.60 bits per heavy atom. The Kier molecular flexibility index (Phi) is 4.20. The minimum Gasteiger partial charge on any atom is -0.478 e. The predicted octanol–water partition coefficient (Wildman–Crippen LogP) is 3.38. The van der Waals surface area contributed by atoms with E-state index in [1.807, 2.05) is 61.5 Å². The molecule has 0 heterocycles. The molecule has 0 aromatic heterocycles. The van der Waals surface area contributed by atoms with Crippen molar-refractivity contribution in [1.29, 1.82) is 0 Å². The van der Waals surface area contributed by atoms with Gasteiger partial charge in [0.15, 0.2) is 0 Å². The standard InChI is InChI=1S/C17H17NO2/c1-18(2)15-10-8-13(9-11-15)12-16(17(19)20)14-6-4-3-5-7-14/h3-12H,1-2H3,(H,19,20)/b16-12-. The lowest BCUT2D eigenvalue weighted by Gasteiger charge is -2.12. The number of aliphatic carboxylic acids is 1. The molecule has 0 fully saturated rings. The van der Waals surface area contributed by atoms with E-state index in [-0.39, 0.29) is 0 Å². The predicted molar refractivity (Wildman–Crippen MR) is 82.7 cm³/mol. The van der Waals surface area contributed by atoms with Gasteiger partial charge in [-0.25, -0.2) is 4.79 Å². The lowest BCUT2D eigenvalue weighted by Crippen LogP contribution is -2.08. The van der Waals surface area contributed by atoms with Crippen LogP contribution in [0.1, 0.15) is 11.1 Å². The minimum atomic E-state index is -0.923. The zero-order valence-corrected chi connectivity index (χ0v) is 11.6. The number of hydrogen-bond acceptors (Lipinski definition) is 2. The topological polar surface area (TPSA) is 40.5 Å².